The Morgan fingerprint density at radius 2 is 1.71 bits per heavy atom. The molecule has 14 heavy (non-hydrogen) atoms. The molecule has 0 saturated heterocycles. The largest absolute Gasteiger partial charge is 0.310 e. The van der Waals surface area contributed by atoms with Crippen molar-refractivity contribution in [2.75, 3.05) is 5.88 Å². The zero-order chi connectivity index (χ0) is 10.4. The molecule has 1 atom stereocenters. The van der Waals surface area contributed by atoms with Gasteiger partial charge in [0.25, 0.3) is 0 Å². The van der Waals surface area contributed by atoms with Gasteiger partial charge in [-0.2, -0.15) is 0 Å². The minimum absolute atomic E-state index is 0.500. The molecule has 0 bridgehead atoms. The van der Waals surface area contributed by atoms with Crippen molar-refractivity contribution in [3.05, 3.63) is 0 Å². The highest BCUT2D eigenvalue weighted by atomic mass is 35.5. The van der Waals surface area contributed by atoms with Crippen LogP contribution in [0.3, 0.4) is 0 Å². The molecule has 0 heterocycles. The first-order valence-electron chi connectivity index (χ1n) is 6.06. The van der Waals surface area contributed by atoms with Gasteiger partial charge in [-0.25, -0.2) is 0 Å². The first-order chi connectivity index (χ1) is 6.74. The van der Waals surface area contributed by atoms with Crippen LogP contribution >= 0.6 is 11.6 Å². The van der Waals surface area contributed by atoms with Gasteiger partial charge in [0.2, 0.25) is 0 Å². The summed E-state index contributed by atoms with van der Waals surface area (Å²) in [5.74, 6) is 1.39. The fraction of sp³-hybridized carbons (Fsp3) is 1.00. The highest BCUT2D eigenvalue weighted by Gasteiger charge is 2.18. The van der Waals surface area contributed by atoms with Crippen LogP contribution in [-0.2, 0) is 0 Å². The first kappa shape index (κ1) is 12.3. The van der Waals surface area contributed by atoms with Crippen LogP contribution in [0.1, 0.15) is 52.4 Å². The maximum atomic E-state index is 5.96. The van der Waals surface area contributed by atoms with E-state index < -0.39 is 0 Å². The number of alkyl halides is 1. The van der Waals surface area contributed by atoms with E-state index in [1.54, 1.807) is 0 Å². The summed E-state index contributed by atoms with van der Waals surface area (Å²) in [7, 11) is 0. The van der Waals surface area contributed by atoms with Crippen LogP contribution in [0.25, 0.3) is 0 Å². The normalized spacial score (nSPS) is 22.3. The lowest BCUT2D eigenvalue weighted by atomic mass is 10.0. The molecule has 0 aromatic rings. The zero-order valence-electron chi connectivity index (χ0n) is 9.56. The van der Waals surface area contributed by atoms with E-state index >= 15 is 0 Å². The Kier molecular flexibility index (Phi) is 5.88. The van der Waals surface area contributed by atoms with Gasteiger partial charge < -0.3 is 5.32 Å². The van der Waals surface area contributed by atoms with E-state index in [1.807, 2.05) is 0 Å². The smallest absolute Gasteiger partial charge is 0.0379 e. The van der Waals surface area contributed by atoms with Gasteiger partial charge in [-0.1, -0.05) is 39.5 Å². The van der Waals surface area contributed by atoms with Gasteiger partial charge in [0.15, 0.2) is 0 Å². The second-order valence-corrected chi connectivity index (χ2v) is 5.17. The van der Waals surface area contributed by atoms with Crippen molar-refractivity contribution < 1.29 is 0 Å². The number of halogens is 1. The number of hydrogen-bond acceptors (Lipinski definition) is 1. The van der Waals surface area contributed by atoms with Crippen LogP contribution in [0.2, 0.25) is 0 Å². The Hall–Kier alpha value is 0.250. The van der Waals surface area contributed by atoms with Gasteiger partial charge in [0.1, 0.15) is 0 Å². The van der Waals surface area contributed by atoms with Crippen LogP contribution in [0.4, 0.5) is 0 Å². The summed E-state index contributed by atoms with van der Waals surface area (Å²) < 4.78 is 0. The topological polar surface area (TPSA) is 12.0 Å². The van der Waals surface area contributed by atoms with E-state index in [4.69, 9.17) is 11.6 Å². The third-order valence-corrected chi connectivity index (χ3v) is 3.61. The van der Waals surface area contributed by atoms with Crippen molar-refractivity contribution in [1.29, 1.82) is 0 Å². The molecule has 1 fully saturated rings. The zero-order valence-corrected chi connectivity index (χ0v) is 10.3. The second-order valence-electron chi connectivity index (χ2n) is 4.86. The maximum Gasteiger partial charge on any atom is 0.0379 e. The molecule has 1 N–H and O–H groups in total. The van der Waals surface area contributed by atoms with Crippen molar-refractivity contribution in [2.24, 2.45) is 5.92 Å². The number of hydrogen-bond donors (Lipinski definition) is 1. The predicted octanol–water partition coefficient (Wildman–Crippen LogP) is 3.56. The first-order valence-corrected chi connectivity index (χ1v) is 6.59. The summed E-state index contributed by atoms with van der Waals surface area (Å²) in [5, 5.41) is 3.71. The van der Waals surface area contributed by atoms with Gasteiger partial charge in [-0.3, -0.25) is 0 Å². The van der Waals surface area contributed by atoms with Crippen LogP contribution in [0, 0.1) is 5.92 Å². The van der Waals surface area contributed by atoms with E-state index in [9.17, 15) is 0 Å². The van der Waals surface area contributed by atoms with Crippen LogP contribution in [0.5, 0.6) is 0 Å². The molecule has 84 valence electrons. The highest BCUT2D eigenvalue weighted by molar-refractivity contribution is 6.18. The molecule has 0 aromatic heterocycles. The van der Waals surface area contributed by atoms with Gasteiger partial charge in [-0.05, 0) is 18.8 Å². The van der Waals surface area contributed by atoms with Gasteiger partial charge in [0, 0.05) is 18.0 Å². The lowest BCUT2D eigenvalue weighted by Gasteiger charge is -2.26. The van der Waals surface area contributed by atoms with Gasteiger partial charge in [0.05, 0.1) is 0 Å². The van der Waals surface area contributed by atoms with Crippen molar-refractivity contribution in [2.45, 2.75) is 64.5 Å². The number of nitrogens with one attached hydrogen (secondary N) is 1. The van der Waals surface area contributed by atoms with Crippen molar-refractivity contribution in [3.8, 4) is 0 Å². The Balaban J connectivity index is 2.32. The summed E-state index contributed by atoms with van der Waals surface area (Å²) in [5.41, 5.74) is 0. The van der Waals surface area contributed by atoms with Crippen molar-refractivity contribution in [1.82, 2.24) is 5.32 Å². The van der Waals surface area contributed by atoms with Crippen LogP contribution in [-0.4, -0.2) is 18.0 Å². The third kappa shape index (κ3) is 4.18. The summed E-state index contributed by atoms with van der Waals surface area (Å²) in [6.07, 6.45) is 8.33. The predicted molar refractivity (Wildman–Crippen MR) is 64.0 cm³/mol. The monoisotopic (exact) mass is 217 g/mol. The summed E-state index contributed by atoms with van der Waals surface area (Å²) in [6, 6.07) is 1.23. The lowest BCUT2D eigenvalue weighted by Crippen LogP contribution is -2.42. The van der Waals surface area contributed by atoms with E-state index in [2.05, 4.69) is 19.2 Å². The lowest BCUT2D eigenvalue weighted by molar-refractivity contribution is 0.352. The minimum Gasteiger partial charge on any atom is -0.310 e. The molecule has 1 nitrogen and oxygen atoms in total. The third-order valence-electron chi connectivity index (χ3n) is 3.28. The molecule has 0 aromatic carbocycles. The van der Waals surface area contributed by atoms with E-state index in [0.717, 1.165) is 11.9 Å². The molecule has 0 spiro atoms. The van der Waals surface area contributed by atoms with Gasteiger partial charge in [-0.15, -0.1) is 11.6 Å². The van der Waals surface area contributed by atoms with Crippen molar-refractivity contribution >= 4 is 11.6 Å². The Morgan fingerprint density at radius 3 is 2.14 bits per heavy atom. The summed E-state index contributed by atoms with van der Waals surface area (Å²) in [4.78, 5) is 0. The SMILES string of the molecule is CC(C)C(CCl)NC1CCCCCC1. The second kappa shape index (κ2) is 6.68. The highest BCUT2D eigenvalue weighted by Crippen LogP contribution is 2.18. The maximum absolute atomic E-state index is 5.96. The molecule has 1 aliphatic rings. The Bertz CT molecular complexity index is 139. The molecule has 0 amide bonds. The standard InChI is InChI=1S/C12H24ClN/c1-10(2)12(9-13)14-11-7-5-3-4-6-8-11/h10-12,14H,3-9H2,1-2H3. The molecule has 0 radical (unpaired) electrons. The fourth-order valence-corrected chi connectivity index (χ4v) is 2.61. The fourth-order valence-electron chi connectivity index (χ4n) is 2.16. The van der Waals surface area contributed by atoms with Crippen LogP contribution < -0.4 is 5.32 Å². The quantitative estimate of drug-likeness (QED) is 0.561. The molecule has 2 heteroatoms. The molecule has 1 unspecified atom stereocenters. The van der Waals surface area contributed by atoms with Crippen molar-refractivity contribution in [3.63, 3.8) is 0 Å². The average molecular weight is 218 g/mol. The Morgan fingerprint density at radius 1 is 1.14 bits per heavy atom. The molecule has 1 saturated carbocycles. The van der Waals surface area contributed by atoms with E-state index in [-0.39, 0.29) is 0 Å². The molecular weight excluding hydrogens is 194 g/mol. The summed E-state index contributed by atoms with van der Waals surface area (Å²) in [6.45, 7) is 4.49. The number of rotatable bonds is 4. The summed E-state index contributed by atoms with van der Waals surface area (Å²) >= 11 is 5.96. The molecule has 1 rings (SSSR count). The minimum atomic E-state index is 0.500. The Labute approximate surface area is 93.6 Å². The molecule has 1 aliphatic carbocycles. The van der Waals surface area contributed by atoms with E-state index in [0.29, 0.717) is 12.0 Å². The average Bonchev–Trinajstić information content (AvgIpc) is 2.41. The van der Waals surface area contributed by atoms with Gasteiger partial charge >= 0.3 is 0 Å². The molecule has 0 aliphatic heterocycles. The van der Waals surface area contributed by atoms with Crippen LogP contribution in [0.15, 0.2) is 0 Å². The molecular formula is C12H24ClN. The van der Waals surface area contributed by atoms with E-state index in [1.165, 1.54) is 38.5 Å².